The Balaban J connectivity index is 1.85. The molecule has 0 saturated heterocycles. The van der Waals surface area contributed by atoms with Crippen molar-refractivity contribution < 1.29 is 18.8 Å². The van der Waals surface area contributed by atoms with Crippen LogP contribution in [0.15, 0.2) is 35.0 Å². The Kier molecular flexibility index (Phi) is 3.99. The summed E-state index contributed by atoms with van der Waals surface area (Å²) in [5.74, 6) is -0.744. The maximum Gasteiger partial charge on any atom is 0.276 e. The Morgan fingerprint density at radius 1 is 1.40 bits per heavy atom. The summed E-state index contributed by atoms with van der Waals surface area (Å²) in [6.45, 7) is 5.02. The molecule has 25 heavy (non-hydrogen) atoms. The van der Waals surface area contributed by atoms with E-state index in [9.17, 15) is 14.3 Å². The first-order valence-corrected chi connectivity index (χ1v) is 7.44. The molecule has 0 spiro atoms. The molecule has 130 valence electrons. The Bertz CT molecular complexity index is 932. The van der Waals surface area contributed by atoms with Crippen LogP contribution in [0, 0.1) is 12.7 Å². The zero-order valence-electron chi connectivity index (χ0n) is 13.8. The van der Waals surface area contributed by atoms with Crippen LogP contribution in [0.1, 0.15) is 36.1 Å². The highest BCUT2D eigenvalue weighted by Crippen LogP contribution is 2.22. The topological polar surface area (TPSA) is 106 Å². The number of benzene rings is 1. The maximum absolute atomic E-state index is 13.3. The molecule has 0 aliphatic rings. The molecule has 9 heteroatoms. The summed E-state index contributed by atoms with van der Waals surface area (Å²) in [5, 5.41) is 20.5. The largest absolute Gasteiger partial charge is 0.504 e. The van der Waals surface area contributed by atoms with Gasteiger partial charge in [-0.25, -0.2) is 9.07 Å². The van der Waals surface area contributed by atoms with Crippen LogP contribution in [-0.2, 0) is 5.54 Å². The van der Waals surface area contributed by atoms with Gasteiger partial charge in [0.1, 0.15) is 5.82 Å². The minimum atomic E-state index is -0.941. The van der Waals surface area contributed by atoms with Crippen LogP contribution in [0.3, 0.4) is 0 Å². The van der Waals surface area contributed by atoms with E-state index < -0.39 is 17.3 Å². The van der Waals surface area contributed by atoms with Crippen molar-refractivity contribution in [1.82, 2.24) is 25.2 Å². The van der Waals surface area contributed by atoms with Crippen LogP contribution >= 0.6 is 0 Å². The smallest absolute Gasteiger partial charge is 0.276 e. The van der Waals surface area contributed by atoms with Crippen LogP contribution in [-0.4, -0.2) is 30.9 Å². The van der Waals surface area contributed by atoms with Crippen LogP contribution in [0.2, 0.25) is 0 Å². The highest BCUT2D eigenvalue weighted by molar-refractivity contribution is 5.95. The molecule has 0 bridgehead atoms. The highest BCUT2D eigenvalue weighted by Gasteiger charge is 2.30. The van der Waals surface area contributed by atoms with Crippen molar-refractivity contribution in [3.63, 3.8) is 0 Å². The SMILES string of the molecule is Cc1nc(C(C)(C)NC(=O)c2nn(-c3cccc(F)c3)cc2O)no1. The van der Waals surface area contributed by atoms with Gasteiger partial charge in [-0.05, 0) is 32.0 Å². The van der Waals surface area contributed by atoms with E-state index >= 15 is 0 Å². The zero-order chi connectivity index (χ0) is 18.2. The van der Waals surface area contributed by atoms with Gasteiger partial charge >= 0.3 is 0 Å². The van der Waals surface area contributed by atoms with Crippen LogP contribution in [0.5, 0.6) is 5.75 Å². The summed E-state index contributed by atoms with van der Waals surface area (Å²) < 4.78 is 19.5. The number of aromatic nitrogens is 4. The number of carbonyl (C=O) groups is 1. The number of hydrogen-bond acceptors (Lipinski definition) is 6. The van der Waals surface area contributed by atoms with E-state index in [0.29, 0.717) is 17.4 Å². The molecule has 3 aromatic rings. The summed E-state index contributed by atoms with van der Waals surface area (Å²) >= 11 is 0. The van der Waals surface area contributed by atoms with Crippen molar-refractivity contribution >= 4 is 5.91 Å². The van der Waals surface area contributed by atoms with Gasteiger partial charge in [0.15, 0.2) is 17.3 Å². The first-order valence-electron chi connectivity index (χ1n) is 7.44. The Morgan fingerprint density at radius 2 is 2.16 bits per heavy atom. The third-order valence-corrected chi connectivity index (χ3v) is 3.50. The third kappa shape index (κ3) is 3.35. The lowest BCUT2D eigenvalue weighted by Crippen LogP contribution is -2.42. The van der Waals surface area contributed by atoms with E-state index in [1.165, 1.54) is 29.1 Å². The summed E-state index contributed by atoms with van der Waals surface area (Å²) in [5.41, 5.74) is -0.760. The van der Waals surface area contributed by atoms with Crippen molar-refractivity contribution in [2.45, 2.75) is 26.3 Å². The number of nitrogens with zero attached hydrogens (tertiary/aromatic N) is 4. The fraction of sp³-hybridized carbons (Fsp3) is 0.250. The van der Waals surface area contributed by atoms with E-state index in [0.717, 1.165) is 0 Å². The number of aromatic hydroxyl groups is 1. The Labute approximate surface area is 142 Å². The van der Waals surface area contributed by atoms with E-state index in [-0.39, 0.29) is 11.4 Å². The molecule has 0 atom stereocenters. The van der Waals surface area contributed by atoms with Gasteiger partial charge in [-0.1, -0.05) is 11.2 Å². The quantitative estimate of drug-likeness (QED) is 0.750. The normalized spacial score (nSPS) is 11.5. The summed E-state index contributed by atoms with van der Waals surface area (Å²) in [7, 11) is 0. The van der Waals surface area contributed by atoms with Crippen LogP contribution < -0.4 is 5.32 Å². The van der Waals surface area contributed by atoms with Gasteiger partial charge in [0.05, 0.1) is 17.4 Å². The summed E-state index contributed by atoms with van der Waals surface area (Å²) in [4.78, 5) is 16.6. The number of aryl methyl sites for hydroxylation is 1. The molecule has 0 aliphatic heterocycles. The lowest BCUT2D eigenvalue weighted by Gasteiger charge is -2.21. The number of rotatable bonds is 4. The number of amides is 1. The number of carbonyl (C=O) groups excluding carboxylic acids is 1. The molecule has 2 heterocycles. The molecule has 0 aliphatic carbocycles. The maximum atomic E-state index is 13.3. The van der Waals surface area contributed by atoms with E-state index in [4.69, 9.17) is 4.52 Å². The first-order chi connectivity index (χ1) is 11.8. The molecule has 0 radical (unpaired) electrons. The van der Waals surface area contributed by atoms with Crippen LogP contribution in [0.25, 0.3) is 5.69 Å². The van der Waals surface area contributed by atoms with Crippen molar-refractivity contribution in [2.75, 3.05) is 0 Å². The number of nitrogens with one attached hydrogen (secondary N) is 1. The van der Waals surface area contributed by atoms with Crippen molar-refractivity contribution in [3.05, 3.63) is 53.7 Å². The predicted octanol–water partition coefficient (Wildman–Crippen LogP) is 2.07. The van der Waals surface area contributed by atoms with E-state index in [2.05, 4.69) is 20.6 Å². The second-order valence-electron chi connectivity index (χ2n) is 6.00. The number of hydrogen-bond donors (Lipinski definition) is 2. The molecule has 3 rings (SSSR count). The summed E-state index contributed by atoms with van der Waals surface area (Å²) in [6, 6.07) is 5.63. The van der Waals surface area contributed by atoms with Gasteiger partial charge in [0.2, 0.25) is 5.89 Å². The van der Waals surface area contributed by atoms with Crippen molar-refractivity contribution in [3.8, 4) is 11.4 Å². The van der Waals surface area contributed by atoms with Gasteiger partial charge in [0, 0.05) is 6.92 Å². The molecular weight excluding hydrogens is 329 g/mol. The lowest BCUT2D eigenvalue weighted by atomic mass is 10.0. The molecule has 1 aromatic carbocycles. The van der Waals surface area contributed by atoms with Gasteiger partial charge in [0.25, 0.3) is 5.91 Å². The average molecular weight is 345 g/mol. The van der Waals surface area contributed by atoms with Gasteiger partial charge in [-0.3, -0.25) is 4.79 Å². The molecule has 8 nitrogen and oxygen atoms in total. The first kappa shape index (κ1) is 16.6. The van der Waals surface area contributed by atoms with E-state index in [1.54, 1.807) is 26.8 Å². The molecule has 2 aromatic heterocycles. The number of halogens is 1. The van der Waals surface area contributed by atoms with E-state index in [1.807, 2.05) is 0 Å². The lowest BCUT2D eigenvalue weighted by molar-refractivity contribution is 0.0899. The fourth-order valence-electron chi connectivity index (χ4n) is 2.23. The standard InChI is InChI=1S/C16H16FN5O3/c1-9-18-15(21-25-9)16(2,3)19-14(24)13-12(23)8-22(20-13)11-6-4-5-10(17)7-11/h4-8,23H,1-3H3,(H,19,24). The second kappa shape index (κ2) is 6.00. The zero-order valence-corrected chi connectivity index (χ0v) is 13.8. The molecule has 0 unspecified atom stereocenters. The minimum absolute atomic E-state index is 0.197. The highest BCUT2D eigenvalue weighted by atomic mass is 19.1. The molecular formula is C16H16FN5O3. The predicted molar refractivity (Wildman–Crippen MR) is 84.7 cm³/mol. The molecule has 1 amide bonds. The Morgan fingerprint density at radius 3 is 2.80 bits per heavy atom. The molecule has 0 fully saturated rings. The molecule has 0 saturated carbocycles. The average Bonchev–Trinajstić information content (AvgIpc) is 3.13. The van der Waals surface area contributed by atoms with Crippen molar-refractivity contribution in [1.29, 1.82) is 0 Å². The van der Waals surface area contributed by atoms with Crippen molar-refractivity contribution in [2.24, 2.45) is 0 Å². The Hall–Kier alpha value is -3.23. The fourth-order valence-corrected chi connectivity index (χ4v) is 2.23. The van der Waals surface area contributed by atoms with Crippen LogP contribution in [0.4, 0.5) is 4.39 Å². The van der Waals surface area contributed by atoms with Gasteiger partial charge < -0.3 is 14.9 Å². The monoisotopic (exact) mass is 345 g/mol. The second-order valence-corrected chi connectivity index (χ2v) is 6.00. The van der Waals surface area contributed by atoms with Gasteiger partial charge in [-0.15, -0.1) is 0 Å². The molecule has 2 N–H and O–H groups in total. The minimum Gasteiger partial charge on any atom is -0.504 e. The van der Waals surface area contributed by atoms with Gasteiger partial charge in [-0.2, -0.15) is 10.1 Å². The summed E-state index contributed by atoms with van der Waals surface area (Å²) in [6.07, 6.45) is 1.23. The third-order valence-electron chi connectivity index (χ3n) is 3.50.